The van der Waals surface area contributed by atoms with E-state index in [1.807, 2.05) is 6.08 Å². The van der Waals surface area contributed by atoms with E-state index in [2.05, 4.69) is 22.1 Å². The van der Waals surface area contributed by atoms with E-state index in [0.717, 1.165) is 12.5 Å². The molecule has 0 fully saturated rings. The molecule has 130 valence electrons. The van der Waals surface area contributed by atoms with Gasteiger partial charge in [0.2, 0.25) is 0 Å². The van der Waals surface area contributed by atoms with Crippen LogP contribution in [-0.4, -0.2) is 16.9 Å². The predicted molar refractivity (Wildman–Crippen MR) is 95.2 cm³/mol. The monoisotopic (exact) mass is 362 g/mol. The Balaban J connectivity index is 2.03. The second-order valence-corrected chi connectivity index (χ2v) is 6.47. The molecule has 0 aliphatic heterocycles. The number of aryl methyl sites for hydroxylation is 1. The molecule has 1 atom stereocenters. The van der Waals surface area contributed by atoms with E-state index in [9.17, 15) is 13.6 Å². The third kappa shape index (κ3) is 3.27. The molecule has 1 aliphatic carbocycles. The van der Waals surface area contributed by atoms with Crippen molar-refractivity contribution in [1.29, 1.82) is 0 Å². The normalized spacial score (nSPS) is 17.0. The van der Waals surface area contributed by atoms with Crippen molar-refractivity contribution in [2.45, 2.75) is 39.2 Å². The van der Waals surface area contributed by atoms with Gasteiger partial charge < -0.3 is 10.3 Å². The Morgan fingerprint density at radius 2 is 2.20 bits per heavy atom. The van der Waals surface area contributed by atoms with E-state index in [1.165, 1.54) is 0 Å². The van der Waals surface area contributed by atoms with Gasteiger partial charge >= 0.3 is 0 Å². The van der Waals surface area contributed by atoms with E-state index < -0.39 is 11.6 Å². The number of H-pyrrole nitrogens is 1. The van der Waals surface area contributed by atoms with Crippen molar-refractivity contribution in [3.63, 3.8) is 0 Å². The van der Waals surface area contributed by atoms with Crippen molar-refractivity contribution in [1.82, 2.24) is 10.3 Å². The highest BCUT2D eigenvalue weighted by molar-refractivity contribution is 6.37. The van der Waals surface area contributed by atoms with Gasteiger partial charge in [-0.2, -0.15) is 0 Å². The largest absolute Gasteiger partial charge is 0.357 e. The van der Waals surface area contributed by atoms with Crippen LogP contribution in [0, 0.1) is 30.4 Å². The number of halogens is 3. The van der Waals surface area contributed by atoms with Gasteiger partial charge in [0.05, 0.1) is 10.5 Å². The molecule has 1 aromatic carbocycles. The number of rotatable bonds is 2. The predicted octanol–water partition coefficient (Wildman–Crippen LogP) is 4.48. The highest BCUT2D eigenvalue weighted by Crippen LogP contribution is 2.39. The molecule has 0 unspecified atom stereocenters. The van der Waals surface area contributed by atoms with Crippen LogP contribution in [0.3, 0.4) is 0 Å². The number of benzene rings is 1. The van der Waals surface area contributed by atoms with Gasteiger partial charge in [0, 0.05) is 28.8 Å². The molecule has 2 N–H and O–H groups in total. The summed E-state index contributed by atoms with van der Waals surface area (Å²) in [6.07, 6.45) is 3.65. The third-order valence-corrected chi connectivity index (χ3v) is 4.83. The summed E-state index contributed by atoms with van der Waals surface area (Å²) < 4.78 is 28.7. The number of hydrogen-bond acceptors (Lipinski definition) is 1. The Hall–Kier alpha value is -2.32. The van der Waals surface area contributed by atoms with Gasteiger partial charge in [0.1, 0.15) is 0 Å². The lowest BCUT2D eigenvalue weighted by Crippen LogP contribution is -2.35. The summed E-state index contributed by atoms with van der Waals surface area (Å²) in [4.78, 5) is 14.7. The van der Waals surface area contributed by atoms with Gasteiger partial charge in [-0.3, -0.25) is 4.79 Å². The molecule has 0 bridgehead atoms. The lowest BCUT2D eigenvalue weighted by molar-refractivity contribution is -0.116. The zero-order valence-electron chi connectivity index (χ0n) is 13.9. The molecule has 0 spiro atoms. The average molecular weight is 363 g/mol. The average Bonchev–Trinajstić information content (AvgIpc) is 2.83. The first-order valence-electron chi connectivity index (χ1n) is 8.00. The first kappa shape index (κ1) is 17.5. The van der Waals surface area contributed by atoms with Crippen LogP contribution < -0.4 is 5.32 Å². The van der Waals surface area contributed by atoms with E-state index in [1.54, 1.807) is 13.8 Å². The van der Waals surface area contributed by atoms with Crippen molar-refractivity contribution in [3.05, 3.63) is 40.1 Å². The Morgan fingerprint density at radius 1 is 1.44 bits per heavy atom. The highest BCUT2D eigenvalue weighted by atomic mass is 35.5. The molecule has 1 amide bonds. The molecule has 3 nitrogen and oxygen atoms in total. The van der Waals surface area contributed by atoms with Crippen LogP contribution in [0.4, 0.5) is 8.78 Å². The molecule has 0 radical (unpaired) electrons. The maximum atomic E-state index is 14.6. The fraction of sp³-hybridized carbons (Fsp3) is 0.316. The van der Waals surface area contributed by atoms with Crippen molar-refractivity contribution in [2.24, 2.45) is 0 Å². The maximum Gasteiger partial charge on any atom is 0.296 e. The minimum absolute atomic E-state index is 0.171. The topological polar surface area (TPSA) is 44.9 Å². The van der Waals surface area contributed by atoms with Crippen LogP contribution in [0.2, 0.25) is 5.02 Å². The molecule has 3 rings (SSSR count). The van der Waals surface area contributed by atoms with Gasteiger partial charge in [0.25, 0.3) is 5.91 Å². The number of nitrogens with one attached hydrogen (secondary N) is 2. The Kier molecular flexibility index (Phi) is 4.82. The van der Waals surface area contributed by atoms with Crippen LogP contribution in [0.1, 0.15) is 37.4 Å². The number of amides is 1. The smallest absolute Gasteiger partial charge is 0.296 e. The van der Waals surface area contributed by atoms with Crippen molar-refractivity contribution in [2.75, 3.05) is 0 Å². The molecule has 2 aromatic rings. The fourth-order valence-corrected chi connectivity index (χ4v) is 3.51. The molecule has 1 aliphatic rings. The third-order valence-electron chi connectivity index (χ3n) is 4.36. The molecular weight excluding hydrogens is 346 g/mol. The van der Waals surface area contributed by atoms with Crippen molar-refractivity contribution >= 4 is 34.0 Å². The molecule has 0 saturated carbocycles. The first-order chi connectivity index (χ1) is 11.9. The van der Waals surface area contributed by atoms with E-state index in [0.29, 0.717) is 40.0 Å². The summed E-state index contributed by atoms with van der Waals surface area (Å²) in [5.41, 5.74) is 1.93. The van der Waals surface area contributed by atoms with Crippen molar-refractivity contribution < 1.29 is 13.6 Å². The van der Waals surface area contributed by atoms with E-state index >= 15 is 0 Å². The molecule has 1 aromatic heterocycles. The summed E-state index contributed by atoms with van der Waals surface area (Å²) >= 11 is 6.32. The number of fused-ring (bicyclic) bond motifs is 1. The molecular formula is C19H17ClF2N2O. The Morgan fingerprint density at radius 3 is 2.92 bits per heavy atom. The number of carbonyl (C=O) groups excluding carboxylic acids is 1. The van der Waals surface area contributed by atoms with Gasteiger partial charge in [-0.1, -0.05) is 23.6 Å². The highest BCUT2D eigenvalue weighted by Gasteiger charge is 2.25. The van der Waals surface area contributed by atoms with Gasteiger partial charge in [0.15, 0.2) is 11.6 Å². The zero-order chi connectivity index (χ0) is 18.1. The quantitative estimate of drug-likeness (QED) is 0.760. The lowest BCUT2D eigenvalue weighted by atomic mass is 9.88. The SMILES string of the molecule is CC#CC(=O)N[C@@H]1CCC=C(c2c(F)c(F)cc3[nH]c(C)c(Cl)c23)C1. The second-order valence-electron chi connectivity index (χ2n) is 6.09. The molecule has 0 saturated heterocycles. The molecule has 6 heteroatoms. The Labute approximate surface area is 149 Å². The van der Waals surface area contributed by atoms with Crippen LogP contribution >= 0.6 is 11.6 Å². The zero-order valence-corrected chi connectivity index (χ0v) is 14.7. The van der Waals surface area contributed by atoms with Crippen LogP contribution in [0.25, 0.3) is 16.5 Å². The lowest BCUT2D eigenvalue weighted by Gasteiger charge is -2.24. The molecule has 1 heterocycles. The Bertz CT molecular complexity index is 950. The summed E-state index contributed by atoms with van der Waals surface area (Å²) in [6.45, 7) is 3.34. The van der Waals surface area contributed by atoms with Crippen molar-refractivity contribution in [3.8, 4) is 11.8 Å². The van der Waals surface area contributed by atoms with Gasteiger partial charge in [-0.15, -0.1) is 0 Å². The number of allylic oxidation sites excluding steroid dienone is 1. The number of hydrogen-bond donors (Lipinski definition) is 2. The standard InChI is InChI=1S/C19H17ClF2N2O/c1-3-5-15(25)24-12-7-4-6-11(8-12)16-17-14(9-13(21)19(16)22)23-10(2)18(17)20/h6,9,12,23H,4,7-8H2,1-2H3,(H,24,25)/t12-/m1/s1. The second kappa shape index (κ2) is 6.89. The van der Waals surface area contributed by atoms with E-state index in [4.69, 9.17) is 11.6 Å². The summed E-state index contributed by atoms with van der Waals surface area (Å²) in [5.74, 6) is 2.76. The number of aromatic amines is 1. The van der Waals surface area contributed by atoms with Crippen LogP contribution in [0.15, 0.2) is 12.1 Å². The summed E-state index contributed by atoms with van der Waals surface area (Å²) in [7, 11) is 0. The first-order valence-corrected chi connectivity index (χ1v) is 8.38. The minimum atomic E-state index is -0.927. The van der Waals surface area contributed by atoms with E-state index in [-0.39, 0.29) is 17.5 Å². The fourth-order valence-electron chi connectivity index (χ4n) is 3.27. The number of aromatic nitrogens is 1. The van der Waals surface area contributed by atoms with Crippen LogP contribution in [-0.2, 0) is 4.79 Å². The summed E-state index contributed by atoms with van der Waals surface area (Å²) in [5, 5.41) is 3.67. The van der Waals surface area contributed by atoms with Gasteiger partial charge in [-0.25, -0.2) is 8.78 Å². The van der Waals surface area contributed by atoms with Crippen LogP contribution in [0.5, 0.6) is 0 Å². The maximum absolute atomic E-state index is 14.6. The number of carbonyl (C=O) groups is 1. The summed E-state index contributed by atoms with van der Waals surface area (Å²) in [6, 6.07) is 0.942. The minimum Gasteiger partial charge on any atom is -0.357 e. The molecule has 25 heavy (non-hydrogen) atoms. The van der Waals surface area contributed by atoms with Gasteiger partial charge in [-0.05, 0) is 44.6 Å².